The zero-order valence-corrected chi connectivity index (χ0v) is 15.1. The number of Topliss-reactive ketones (excluding diaryl/α,β-unsaturated/α-hetero) is 1. The molecule has 0 spiro atoms. The Hall–Kier alpha value is -0.670. The molecule has 0 saturated heterocycles. The first-order valence-electron chi connectivity index (χ1n) is 9.98. The van der Waals surface area contributed by atoms with Gasteiger partial charge in [-0.25, -0.2) is 0 Å². The Morgan fingerprint density at radius 3 is 2.71 bits per heavy atom. The van der Waals surface area contributed by atoms with Crippen molar-refractivity contribution < 1.29 is 15.0 Å². The van der Waals surface area contributed by atoms with E-state index in [1.165, 1.54) is 24.8 Å². The highest BCUT2D eigenvalue weighted by Crippen LogP contribution is 2.64. The van der Waals surface area contributed by atoms with Crippen molar-refractivity contribution in [2.45, 2.75) is 71.3 Å². The largest absolute Gasteiger partial charge is 0.396 e. The molecule has 2 N–H and O–H groups in total. The van der Waals surface area contributed by atoms with Crippen molar-refractivity contribution in [1.82, 2.24) is 0 Å². The Morgan fingerprint density at radius 2 is 2.00 bits per heavy atom. The molecule has 0 aliphatic heterocycles. The van der Waals surface area contributed by atoms with Crippen LogP contribution in [-0.2, 0) is 4.79 Å². The number of carbonyl (C=O) groups is 1. The fourth-order valence-electron chi connectivity index (χ4n) is 7.22. The Kier molecular flexibility index (Phi) is 4.16. The highest BCUT2D eigenvalue weighted by Gasteiger charge is 2.56. The summed E-state index contributed by atoms with van der Waals surface area (Å²) in [6, 6.07) is 0. The van der Waals surface area contributed by atoms with Gasteiger partial charge in [-0.1, -0.05) is 18.1 Å². The summed E-state index contributed by atoms with van der Waals surface area (Å²) in [4.78, 5) is 11.9. The van der Waals surface area contributed by atoms with Crippen LogP contribution in [0, 0.1) is 35.0 Å². The number of aliphatic hydroxyl groups is 2. The summed E-state index contributed by atoms with van der Waals surface area (Å²) in [5.41, 5.74) is 3.12. The van der Waals surface area contributed by atoms with Gasteiger partial charge in [-0.3, -0.25) is 4.79 Å². The van der Waals surface area contributed by atoms with Crippen LogP contribution in [-0.4, -0.2) is 28.7 Å². The molecule has 7 atom stereocenters. The molecular formula is C21H32O3. The summed E-state index contributed by atoms with van der Waals surface area (Å²) in [6.07, 6.45) is 7.89. The van der Waals surface area contributed by atoms with E-state index in [2.05, 4.69) is 6.92 Å². The molecule has 2 saturated carbocycles. The summed E-state index contributed by atoms with van der Waals surface area (Å²) >= 11 is 0. The highest BCUT2D eigenvalue weighted by molar-refractivity contribution is 5.83. The van der Waals surface area contributed by atoms with Gasteiger partial charge < -0.3 is 10.2 Å². The fourth-order valence-corrected chi connectivity index (χ4v) is 7.22. The van der Waals surface area contributed by atoms with Crippen molar-refractivity contribution in [3.63, 3.8) is 0 Å². The molecule has 0 bridgehead atoms. The summed E-state index contributed by atoms with van der Waals surface area (Å²) in [6.45, 7) is 4.58. The van der Waals surface area contributed by atoms with Gasteiger partial charge in [-0.05, 0) is 74.5 Å². The lowest BCUT2D eigenvalue weighted by molar-refractivity contribution is -0.119. The van der Waals surface area contributed by atoms with Gasteiger partial charge in [0.25, 0.3) is 0 Å². The molecule has 0 unspecified atom stereocenters. The maximum atomic E-state index is 11.9. The fraction of sp³-hybridized carbons (Fsp3) is 0.857. The van der Waals surface area contributed by atoms with Crippen LogP contribution in [0.15, 0.2) is 11.1 Å². The second-order valence-corrected chi connectivity index (χ2v) is 9.23. The number of allylic oxidation sites excluding steroid dienone is 1. The van der Waals surface area contributed by atoms with Gasteiger partial charge in [0, 0.05) is 25.4 Å². The van der Waals surface area contributed by atoms with Gasteiger partial charge >= 0.3 is 0 Å². The van der Waals surface area contributed by atoms with Gasteiger partial charge in [-0.2, -0.15) is 0 Å². The molecule has 3 heteroatoms. The van der Waals surface area contributed by atoms with E-state index in [9.17, 15) is 15.0 Å². The average Bonchev–Trinajstić information content (AvgIpc) is 2.91. The van der Waals surface area contributed by atoms with Crippen LogP contribution in [0.1, 0.15) is 65.2 Å². The first-order valence-corrected chi connectivity index (χ1v) is 9.98. The van der Waals surface area contributed by atoms with Gasteiger partial charge in [0.2, 0.25) is 0 Å². The van der Waals surface area contributed by atoms with E-state index < -0.39 is 0 Å². The average molecular weight is 332 g/mol. The second kappa shape index (κ2) is 5.95. The molecule has 3 nitrogen and oxygen atoms in total. The predicted molar refractivity (Wildman–Crippen MR) is 93.3 cm³/mol. The first kappa shape index (κ1) is 16.8. The number of fused-ring (bicyclic) bond motifs is 4. The standard InChI is InChI=1S/C21H32O3/c1-12(23)19-5-6-20-18-9-13(11-22)17-10-14(24)3-4-15(17)16(18)7-8-21(19,20)2/h12-13,16,18-20,22-23H,3-11H2,1-2H3/t12-,13+,16+,18+,19+,20-,21+/m0/s1. The van der Waals surface area contributed by atoms with Crippen molar-refractivity contribution in [1.29, 1.82) is 0 Å². The van der Waals surface area contributed by atoms with Gasteiger partial charge in [0.15, 0.2) is 0 Å². The molecule has 4 aliphatic rings. The minimum atomic E-state index is -0.212. The second-order valence-electron chi connectivity index (χ2n) is 9.23. The zero-order chi connectivity index (χ0) is 17.1. The molecule has 4 rings (SSSR count). The normalized spacial score (nSPS) is 46.3. The van der Waals surface area contributed by atoms with Gasteiger partial charge in [-0.15, -0.1) is 0 Å². The topological polar surface area (TPSA) is 57.5 Å². The van der Waals surface area contributed by atoms with E-state index in [-0.39, 0.29) is 24.0 Å². The number of ketones is 1. The summed E-state index contributed by atoms with van der Waals surface area (Å²) < 4.78 is 0. The third-order valence-corrected chi connectivity index (χ3v) is 8.28. The Bertz CT molecular complexity index is 563. The number of hydrogen-bond donors (Lipinski definition) is 2. The van der Waals surface area contributed by atoms with E-state index in [1.807, 2.05) is 6.92 Å². The lowest BCUT2D eigenvalue weighted by Gasteiger charge is -2.54. The smallest absolute Gasteiger partial charge is 0.137 e. The van der Waals surface area contributed by atoms with Crippen LogP contribution in [0.3, 0.4) is 0 Å². The number of carbonyl (C=O) groups excluding carboxylic acids is 1. The van der Waals surface area contributed by atoms with E-state index in [0.29, 0.717) is 42.3 Å². The van der Waals surface area contributed by atoms with E-state index in [4.69, 9.17) is 0 Å². The van der Waals surface area contributed by atoms with Crippen molar-refractivity contribution in [3.8, 4) is 0 Å². The van der Waals surface area contributed by atoms with Crippen LogP contribution in [0.5, 0.6) is 0 Å². The predicted octanol–water partition coefficient (Wildman–Crippen LogP) is 3.49. The Labute approximate surface area is 145 Å². The maximum Gasteiger partial charge on any atom is 0.137 e. The number of rotatable bonds is 2. The number of aliphatic hydroxyl groups excluding tert-OH is 2. The van der Waals surface area contributed by atoms with E-state index in [1.54, 1.807) is 5.57 Å². The van der Waals surface area contributed by atoms with Crippen LogP contribution in [0.2, 0.25) is 0 Å². The summed E-state index contributed by atoms with van der Waals surface area (Å²) in [5.74, 6) is 2.97. The van der Waals surface area contributed by atoms with Crippen molar-refractivity contribution >= 4 is 5.78 Å². The molecule has 0 radical (unpaired) electrons. The quantitative estimate of drug-likeness (QED) is 0.761. The SMILES string of the molecule is C[C@H](O)[C@H]1CC[C@H]2[C@@H]3C[C@H](CO)C4=C(CCC(=O)C4)[C@H]3CC[C@]12C. The molecular weight excluding hydrogens is 300 g/mol. The lowest BCUT2D eigenvalue weighted by Crippen LogP contribution is -2.47. The van der Waals surface area contributed by atoms with E-state index >= 15 is 0 Å². The van der Waals surface area contributed by atoms with E-state index in [0.717, 1.165) is 19.3 Å². The van der Waals surface area contributed by atoms with Crippen molar-refractivity contribution in [2.24, 2.45) is 35.0 Å². The van der Waals surface area contributed by atoms with Crippen molar-refractivity contribution in [2.75, 3.05) is 6.61 Å². The molecule has 0 heterocycles. The lowest BCUT2D eigenvalue weighted by atomic mass is 9.51. The zero-order valence-electron chi connectivity index (χ0n) is 15.1. The minimum Gasteiger partial charge on any atom is -0.396 e. The molecule has 2 fully saturated rings. The molecule has 134 valence electrons. The monoisotopic (exact) mass is 332 g/mol. The van der Waals surface area contributed by atoms with Crippen LogP contribution in [0.25, 0.3) is 0 Å². The molecule has 0 aromatic heterocycles. The molecule has 4 aliphatic carbocycles. The van der Waals surface area contributed by atoms with Gasteiger partial charge in [0.1, 0.15) is 5.78 Å². The third kappa shape index (κ3) is 2.34. The summed E-state index contributed by atoms with van der Waals surface area (Å²) in [5, 5.41) is 20.2. The third-order valence-electron chi connectivity index (χ3n) is 8.28. The molecule has 0 amide bonds. The van der Waals surface area contributed by atoms with Gasteiger partial charge in [0.05, 0.1) is 6.10 Å². The maximum absolute atomic E-state index is 11.9. The van der Waals surface area contributed by atoms with Crippen molar-refractivity contribution in [3.05, 3.63) is 11.1 Å². The van der Waals surface area contributed by atoms with Crippen LogP contribution >= 0.6 is 0 Å². The highest BCUT2D eigenvalue weighted by atomic mass is 16.3. The van der Waals surface area contributed by atoms with Crippen LogP contribution in [0.4, 0.5) is 0 Å². The number of hydrogen-bond acceptors (Lipinski definition) is 3. The van der Waals surface area contributed by atoms with Crippen LogP contribution < -0.4 is 0 Å². The minimum absolute atomic E-state index is 0.193. The molecule has 0 aromatic rings. The molecule has 0 aromatic carbocycles. The Morgan fingerprint density at radius 1 is 1.21 bits per heavy atom. The summed E-state index contributed by atoms with van der Waals surface area (Å²) in [7, 11) is 0. The molecule has 24 heavy (non-hydrogen) atoms. The first-order chi connectivity index (χ1) is 11.5. The Balaban J connectivity index is 1.68.